The van der Waals surface area contributed by atoms with Gasteiger partial charge in [0.2, 0.25) is 0 Å². The second-order valence-electron chi connectivity index (χ2n) is 3.96. The highest BCUT2D eigenvalue weighted by molar-refractivity contribution is 6.32. The summed E-state index contributed by atoms with van der Waals surface area (Å²) < 4.78 is 6.16. The summed E-state index contributed by atoms with van der Waals surface area (Å²) in [6.07, 6.45) is 1.29. The van der Waals surface area contributed by atoms with Gasteiger partial charge in [-0.25, -0.2) is 9.78 Å². The molecule has 0 fully saturated rings. The van der Waals surface area contributed by atoms with E-state index in [4.69, 9.17) is 22.1 Å². The van der Waals surface area contributed by atoms with E-state index in [0.29, 0.717) is 5.69 Å². The van der Waals surface area contributed by atoms with Crippen LogP contribution in [0.5, 0.6) is 0 Å². The van der Waals surface area contributed by atoms with Gasteiger partial charge >= 0.3 is 5.97 Å². The standard InChI is InChI=1S/C12H11ClN4O4/c1-2-21-12(18)10-11(14)16(6-15-10)7-3-4-8(13)9(5-7)17(19)20/h3-6H,2,14H2,1H3. The minimum atomic E-state index is -0.655. The third-order valence-electron chi connectivity index (χ3n) is 2.68. The maximum absolute atomic E-state index is 11.6. The SMILES string of the molecule is CCOC(=O)c1ncn(-c2ccc(Cl)c([N+](=O)[O-])c2)c1N. The van der Waals surface area contributed by atoms with Crippen LogP contribution in [0.2, 0.25) is 5.02 Å². The zero-order valence-electron chi connectivity index (χ0n) is 10.9. The Balaban J connectivity index is 2.46. The van der Waals surface area contributed by atoms with E-state index in [2.05, 4.69) is 4.98 Å². The van der Waals surface area contributed by atoms with E-state index >= 15 is 0 Å². The number of nitro benzene ring substituents is 1. The molecular formula is C12H11ClN4O4. The first-order valence-corrected chi connectivity index (χ1v) is 6.27. The Morgan fingerprint density at radius 3 is 2.90 bits per heavy atom. The normalized spacial score (nSPS) is 10.4. The molecule has 0 saturated carbocycles. The minimum Gasteiger partial charge on any atom is -0.461 e. The second-order valence-corrected chi connectivity index (χ2v) is 4.37. The summed E-state index contributed by atoms with van der Waals surface area (Å²) in [6, 6.07) is 4.15. The van der Waals surface area contributed by atoms with Crippen molar-refractivity contribution in [2.24, 2.45) is 0 Å². The number of benzene rings is 1. The largest absolute Gasteiger partial charge is 0.461 e. The Bertz CT molecular complexity index is 713. The number of ether oxygens (including phenoxy) is 1. The fraction of sp³-hybridized carbons (Fsp3) is 0.167. The molecule has 2 N–H and O–H groups in total. The first-order chi connectivity index (χ1) is 9.95. The molecule has 0 saturated heterocycles. The van der Waals surface area contributed by atoms with Gasteiger partial charge < -0.3 is 10.5 Å². The molecule has 0 aliphatic carbocycles. The van der Waals surface area contributed by atoms with Crippen molar-refractivity contribution in [3.05, 3.63) is 45.4 Å². The van der Waals surface area contributed by atoms with E-state index in [1.165, 1.54) is 29.1 Å². The van der Waals surface area contributed by atoms with E-state index in [-0.39, 0.29) is 28.8 Å². The van der Waals surface area contributed by atoms with Crippen LogP contribution < -0.4 is 5.73 Å². The maximum atomic E-state index is 11.6. The van der Waals surface area contributed by atoms with Crippen LogP contribution in [0.25, 0.3) is 5.69 Å². The molecule has 1 aromatic carbocycles. The molecule has 2 aromatic rings. The van der Waals surface area contributed by atoms with E-state index in [1.807, 2.05) is 0 Å². The fourth-order valence-electron chi connectivity index (χ4n) is 1.71. The minimum absolute atomic E-state index is 0.00746. The number of rotatable bonds is 4. The fourth-order valence-corrected chi connectivity index (χ4v) is 1.90. The van der Waals surface area contributed by atoms with Crippen molar-refractivity contribution in [2.45, 2.75) is 6.92 Å². The van der Waals surface area contributed by atoms with E-state index in [0.717, 1.165) is 0 Å². The number of halogens is 1. The van der Waals surface area contributed by atoms with Crippen molar-refractivity contribution in [3.8, 4) is 5.69 Å². The number of nitrogens with zero attached hydrogens (tertiary/aromatic N) is 3. The summed E-state index contributed by atoms with van der Waals surface area (Å²) >= 11 is 5.74. The van der Waals surface area contributed by atoms with Crippen LogP contribution >= 0.6 is 11.6 Å². The molecule has 0 atom stereocenters. The van der Waals surface area contributed by atoms with Crippen LogP contribution in [0.1, 0.15) is 17.4 Å². The predicted octanol–water partition coefficient (Wildman–Crippen LogP) is 2.19. The number of hydrogen-bond donors (Lipinski definition) is 1. The van der Waals surface area contributed by atoms with Crippen molar-refractivity contribution in [2.75, 3.05) is 12.3 Å². The monoisotopic (exact) mass is 310 g/mol. The van der Waals surface area contributed by atoms with Gasteiger partial charge in [0.15, 0.2) is 5.69 Å². The highest BCUT2D eigenvalue weighted by Gasteiger charge is 2.19. The number of nitrogens with two attached hydrogens (primary N) is 1. The Kier molecular flexibility index (Phi) is 4.08. The van der Waals surface area contributed by atoms with Crippen molar-refractivity contribution in [3.63, 3.8) is 0 Å². The summed E-state index contributed by atoms with van der Waals surface area (Å²) in [4.78, 5) is 25.8. The number of carbonyl (C=O) groups is 1. The molecule has 8 nitrogen and oxygen atoms in total. The van der Waals surface area contributed by atoms with Gasteiger partial charge in [0.1, 0.15) is 17.2 Å². The number of nitrogen functional groups attached to an aromatic ring is 1. The van der Waals surface area contributed by atoms with Gasteiger partial charge in [0.05, 0.1) is 17.2 Å². The van der Waals surface area contributed by atoms with Crippen LogP contribution in [0.15, 0.2) is 24.5 Å². The maximum Gasteiger partial charge on any atom is 0.360 e. The highest BCUT2D eigenvalue weighted by atomic mass is 35.5. The van der Waals surface area contributed by atoms with Crippen LogP contribution in [0.4, 0.5) is 11.5 Å². The van der Waals surface area contributed by atoms with Gasteiger partial charge in [-0.1, -0.05) is 11.6 Å². The third-order valence-corrected chi connectivity index (χ3v) is 3.00. The van der Waals surface area contributed by atoms with Crippen LogP contribution in [0.3, 0.4) is 0 Å². The first-order valence-electron chi connectivity index (χ1n) is 5.90. The number of hydrogen-bond acceptors (Lipinski definition) is 6. The lowest BCUT2D eigenvalue weighted by Gasteiger charge is -2.06. The van der Waals surface area contributed by atoms with Crippen LogP contribution in [0, 0.1) is 10.1 Å². The van der Waals surface area contributed by atoms with Crippen molar-refractivity contribution >= 4 is 29.1 Å². The third kappa shape index (κ3) is 2.79. The Morgan fingerprint density at radius 1 is 1.57 bits per heavy atom. The van der Waals surface area contributed by atoms with Crippen LogP contribution in [-0.2, 0) is 4.74 Å². The Labute approximate surface area is 124 Å². The molecule has 0 spiro atoms. The lowest BCUT2D eigenvalue weighted by molar-refractivity contribution is -0.384. The predicted molar refractivity (Wildman–Crippen MR) is 75.6 cm³/mol. The Morgan fingerprint density at radius 2 is 2.29 bits per heavy atom. The lowest BCUT2D eigenvalue weighted by atomic mass is 10.2. The quantitative estimate of drug-likeness (QED) is 0.526. The second kappa shape index (κ2) is 5.80. The molecule has 110 valence electrons. The zero-order valence-corrected chi connectivity index (χ0v) is 11.7. The number of esters is 1. The molecule has 21 heavy (non-hydrogen) atoms. The van der Waals surface area contributed by atoms with Crippen molar-refractivity contribution in [1.29, 1.82) is 0 Å². The average molecular weight is 311 g/mol. The molecule has 2 rings (SSSR count). The molecule has 0 radical (unpaired) electrons. The van der Waals surface area contributed by atoms with E-state index in [1.54, 1.807) is 6.92 Å². The van der Waals surface area contributed by atoms with Gasteiger partial charge in [-0.2, -0.15) is 0 Å². The van der Waals surface area contributed by atoms with Gasteiger partial charge in [0.25, 0.3) is 5.69 Å². The molecule has 1 heterocycles. The van der Waals surface area contributed by atoms with Gasteiger partial charge in [-0.3, -0.25) is 14.7 Å². The molecule has 0 amide bonds. The average Bonchev–Trinajstić information content (AvgIpc) is 2.81. The van der Waals surface area contributed by atoms with E-state index < -0.39 is 10.9 Å². The summed E-state index contributed by atoms with van der Waals surface area (Å²) in [7, 11) is 0. The highest BCUT2D eigenvalue weighted by Crippen LogP contribution is 2.28. The molecule has 0 aliphatic rings. The van der Waals surface area contributed by atoms with E-state index in [9.17, 15) is 14.9 Å². The topological polar surface area (TPSA) is 113 Å². The first kappa shape index (κ1) is 14.8. The smallest absolute Gasteiger partial charge is 0.360 e. The molecule has 1 aromatic heterocycles. The van der Waals surface area contributed by atoms with Crippen LogP contribution in [-0.4, -0.2) is 27.1 Å². The molecule has 0 aliphatic heterocycles. The number of carbonyl (C=O) groups excluding carboxylic acids is 1. The molecule has 9 heteroatoms. The number of aromatic nitrogens is 2. The molecular weight excluding hydrogens is 300 g/mol. The molecule has 0 unspecified atom stereocenters. The lowest BCUT2D eigenvalue weighted by Crippen LogP contribution is -2.09. The van der Waals surface area contributed by atoms with Gasteiger partial charge in [-0.15, -0.1) is 0 Å². The Hall–Kier alpha value is -2.61. The van der Waals surface area contributed by atoms with Crippen molar-refractivity contribution in [1.82, 2.24) is 9.55 Å². The zero-order chi connectivity index (χ0) is 15.6. The summed E-state index contributed by atoms with van der Waals surface area (Å²) in [5.74, 6) is -0.623. The summed E-state index contributed by atoms with van der Waals surface area (Å²) in [5.41, 5.74) is 5.88. The number of nitro groups is 1. The van der Waals surface area contributed by atoms with Crippen molar-refractivity contribution < 1.29 is 14.5 Å². The number of imidazole rings is 1. The van der Waals surface area contributed by atoms with Gasteiger partial charge in [0, 0.05) is 6.07 Å². The summed E-state index contributed by atoms with van der Waals surface area (Å²) in [6.45, 7) is 1.85. The summed E-state index contributed by atoms with van der Waals surface area (Å²) in [5, 5.41) is 10.9. The number of anilines is 1. The van der Waals surface area contributed by atoms with Gasteiger partial charge in [-0.05, 0) is 19.1 Å². The molecule has 0 bridgehead atoms.